The summed E-state index contributed by atoms with van der Waals surface area (Å²) in [6.45, 7) is -1.08. The Labute approximate surface area is 82.1 Å². The quantitative estimate of drug-likeness (QED) is 0.298. The zero-order valence-corrected chi connectivity index (χ0v) is 8.31. The number of aliphatic hydroxyl groups excluding tert-OH is 3. The highest BCUT2D eigenvalue weighted by Gasteiger charge is 2.17. The number of hydrogen-bond donors (Lipinski definition) is 5. The molecule has 8 heteroatoms. The van der Waals surface area contributed by atoms with E-state index in [9.17, 15) is 8.42 Å². The minimum Gasteiger partial charge on any atom is -0.395 e. The van der Waals surface area contributed by atoms with E-state index in [4.69, 9.17) is 19.9 Å². The maximum absolute atomic E-state index is 10.3. The molecule has 0 saturated heterocycles. The van der Waals surface area contributed by atoms with Crippen LogP contribution in [0.2, 0.25) is 0 Å². The highest BCUT2D eigenvalue weighted by atomic mass is 32.2. The van der Waals surface area contributed by atoms with E-state index in [0.29, 0.717) is 0 Å². The lowest BCUT2D eigenvalue weighted by Crippen LogP contribution is -2.46. The molecule has 0 aliphatic heterocycles. The van der Waals surface area contributed by atoms with Gasteiger partial charge in [-0.25, -0.2) is 0 Å². The molecule has 0 aromatic heterocycles. The lowest BCUT2D eigenvalue weighted by molar-refractivity contribution is 0.0424. The first kappa shape index (κ1) is 13.8. The van der Waals surface area contributed by atoms with E-state index < -0.39 is 41.2 Å². The molecular weight excluding hydrogens is 214 g/mol. The molecule has 0 fully saturated rings. The van der Waals surface area contributed by atoms with Crippen molar-refractivity contribution in [3.8, 4) is 0 Å². The smallest absolute Gasteiger partial charge is 0.266 e. The van der Waals surface area contributed by atoms with Crippen LogP contribution < -0.4 is 5.32 Å². The second kappa shape index (κ2) is 6.27. The van der Waals surface area contributed by atoms with Gasteiger partial charge < -0.3 is 20.6 Å². The topological polar surface area (TPSA) is 127 Å². The van der Waals surface area contributed by atoms with Gasteiger partial charge in [-0.2, -0.15) is 8.42 Å². The Balaban J connectivity index is 3.85. The highest BCUT2D eigenvalue weighted by molar-refractivity contribution is 7.85. The fourth-order valence-corrected chi connectivity index (χ4v) is 1.20. The summed E-state index contributed by atoms with van der Waals surface area (Å²) in [5.74, 6) is -0.512. The number of rotatable bonds is 7. The fourth-order valence-electron chi connectivity index (χ4n) is 0.823. The molecule has 7 nitrogen and oxygen atoms in total. The maximum atomic E-state index is 10.3. The third kappa shape index (κ3) is 6.24. The Bertz CT molecular complexity index is 241. The molecule has 0 heterocycles. The molecule has 2 unspecified atom stereocenters. The second-order valence-electron chi connectivity index (χ2n) is 2.78. The number of hydrogen-bond acceptors (Lipinski definition) is 6. The van der Waals surface area contributed by atoms with Gasteiger partial charge in [0, 0.05) is 6.54 Å². The SMILES string of the molecule is O=S(=O)(O)CCNC(CO)C(O)CO. The van der Waals surface area contributed by atoms with Crippen LogP contribution in [0.3, 0.4) is 0 Å². The predicted octanol–water partition coefficient (Wildman–Crippen LogP) is -2.82. The molecule has 14 heavy (non-hydrogen) atoms. The summed E-state index contributed by atoms with van der Waals surface area (Å²) in [7, 11) is -4.05. The zero-order valence-electron chi connectivity index (χ0n) is 7.50. The Morgan fingerprint density at radius 2 is 1.79 bits per heavy atom. The normalized spacial score (nSPS) is 16.6. The Morgan fingerprint density at radius 3 is 2.14 bits per heavy atom. The van der Waals surface area contributed by atoms with Crippen LogP contribution in [0.5, 0.6) is 0 Å². The fraction of sp³-hybridized carbons (Fsp3) is 1.00. The molecular formula is C6H15NO6S. The molecule has 0 aliphatic carbocycles. The van der Waals surface area contributed by atoms with Crippen LogP contribution in [0.15, 0.2) is 0 Å². The van der Waals surface area contributed by atoms with Crippen molar-refractivity contribution in [3.63, 3.8) is 0 Å². The second-order valence-corrected chi connectivity index (χ2v) is 4.35. The summed E-state index contributed by atoms with van der Waals surface area (Å²) in [6.07, 6.45) is -1.17. The van der Waals surface area contributed by atoms with E-state index in [2.05, 4.69) is 5.32 Å². The standard InChI is InChI=1S/C6H15NO6S/c8-3-5(6(10)4-9)7-1-2-14(11,12)13/h5-10H,1-4H2,(H,11,12,13). The monoisotopic (exact) mass is 229 g/mol. The molecule has 5 N–H and O–H groups in total. The summed E-state index contributed by atoms with van der Waals surface area (Å²) in [4.78, 5) is 0. The van der Waals surface area contributed by atoms with Crippen LogP contribution in [-0.4, -0.2) is 65.9 Å². The first-order chi connectivity index (χ1) is 6.40. The minimum absolute atomic E-state index is 0.110. The highest BCUT2D eigenvalue weighted by Crippen LogP contribution is 1.91. The number of nitrogens with one attached hydrogen (secondary N) is 1. The van der Waals surface area contributed by atoms with Gasteiger partial charge in [-0.1, -0.05) is 0 Å². The summed E-state index contributed by atoms with van der Waals surface area (Å²) in [5.41, 5.74) is 0. The van der Waals surface area contributed by atoms with Crippen molar-refractivity contribution < 1.29 is 28.3 Å². The maximum Gasteiger partial charge on any atom is 0.266 e. The third-order valence-corrected chi connectivity index (χ3v) is 2.33. The van der Waals surface area contributed by atoms with Gasteiger partial charge in [0.15, 0.2) is 0 Å². The van der Waals surface area contributed by atoms with Crippen LogP contribution in [0.4, 0.5) is 0 Å². The molecule has 2 atom stereocenters. The van der Waals surface area contributed by atoms with Gasteiger partial charge in [-0.05, 0) is 0 Å². The van der Waals surface area contributed by atoms with Crippen LogP contribution in [-0.2, 0) is 10.1 Å². The van der Waals surface area contributed by atoms with E-state index in [0.717, 1.165) is 0 Å². The molecule has 0 saturated carbocycles. The van der Waals surface area contributed by atoms with Crippen molar-refractivity contribution in [1.82, 2.24) is 5.32 Å². The van der Waals surface area contributed by atoms with Crippen molar-refractivity contribution in [1.29, 1.82) is 0 Å². The average Bonchev–Trinajstić information content (AvgIpc) is 2.09. The average molecular weight is 229 g/mol. The summed E-state index contributed by atoms with van der Waals surface area (Å²) < 4.78 is 28.9. The van der Waals surface area contributed by atoms with Gasteiger partial charge in [-0.15, -0.1) is 0 Å². The van der Waals surface area contributed by atoms with Crippen LogP contribution in [0.25, 0.3) is 0 Å². The van der Waals surface area contributed by atoms with Crippen LogP contribution in [0.1, 0.15) is 0 Å². The van der Waals surface area contributed by atoms with Gasteiger partial charge in [-0.3, -0.25) is 4.55 Å². The minimum atomic E-state index is -4.05. The van der Waals surface area contributed by atoms with Gasteiger partial charge in [0.1, 0.15) is 0 Å². The Hall–Kier alpha value is -0.250. The predicted molar refractivity (Wildman–Crippen MR) is 48.4 cm³/mol. The van der Waals surface area contributed by atoms with Crippen molar-refractivity contribution in [2.24, 2.45) is 0 Å². The summed E-state index contributed by atoms with van der Waals surface area (Å²) >= 11 is 0. The van der Waals surface area contributed by atoms with E-state index in [1.54, 1.807) is 0 Å². The van der Waals surface area contributed by atoms with E-state index in [1.165, 1.54) is 0 Å². The van der Waals surface area contributed by atoms with Crippen LogP contribution >= 0.6 is 0 Å². The molecule has 0 aliphatic rings. The van der Waals surface area contributed by atoms with Gasteiger partial charge in [0.2, 0.25) is 0 Å². The molecule has 0 rings (SSSR count). The molecule has 86 valence electrons. The van der Waals surface area contributed by atoms with Crippen molar-refractivity contribution in [2.75, 3.05) is 25.5 Å². The van der Waals surface area contributed by atoms with Crippen molar-refractivity contribution in [3.05, 3.63) is 0 Å². The van der Waals surface area contributed by atoms with Crippen molar-refractivity contribution in [2.45, 2.75) is 12.1 Å². The lowest BCUT2D eigenvalue weighted by Gasteiger charge is -2.19. The molecule has 0 spiro atoms. The van der Waals surface area contributed by atoms with Gasteiger partial charge >= 0.3 is 0 Å². The molecule has 0 amide bonds. The number of aliphatic hydroxyl groups is 3. The summed E-state index contributed by atoms with van der Waals surface area (Å²) in [5, 5.41) is 28.8. The summed E-state index contributed by atoms with van der Waals surface area (Å²) in [6, 6.07) is -0.804. The van der Waals surface area contributed by atoms with E-state index in [1.807, 2.05) is 0 Å². The lowest BCUT2D eigenvalue weighted by atomic mass is 10.2. The Kier molecular flexibility index (Phi) is 6.16. The molecule has 0 aromatic carbocycles. The zero-order chi connectivity index (χ0) is 11.2. The molecule has 0 bridgehead atoms. The largest absolute Gasteiger partial charge is 0.395 e. The molecule has 0 aromatic rings. The van der Waals surface area contributed by atoms with Gasteiger partial charge in [0.25, 0.3) is 10.1 Å². The van der Waals surface area contributed by atoms with E-state index in [-0.39, 0.29) is 6.54 Å². The van der Waals surface area contributed by atoms with Crippen molar-refractivity contribution >= 4 is 10.1 Å². The van der Waals surface area contributed by atoms with Crippen LogP contribution in [0, 0.1) is 0 Å². The molecule has 0 radical (unpaired) electrons. The van der Waals surface area contributed by atoms with Gasteiger partial charge in [0.05, 0.1) is 31.1 Å². The third-order valence-electron chi connectivity index (χ3n) is 1.61. The first-order valence-electron chi connectivity index (χ1n) is 3.99. The Morgan fingerprint density at radius 1 is 1.21 bits per heavy atom. The first-order valence-corrected chi connectivity index (χ1v) is 5.60. The van der Waals surface area contributed by atoms with E-state index >= 15 is 0 Å².